The number of anilines is 2. The highest BCUT2D eigenvalue weighted by atomic mass is 35.5. The standard InChI is InChI=1S/C23H29ClN4O8P2.C22H26Cl2N4O8P2/c1-12-2-4-15-13(8-12)3-5-17(15)25-22-19-7-6-18(28(19)27-23(24)26-22)16-9-14(20(29)21(16)30)10-36-38(34,35)11-37(31,32)33;23-13-2-3-14-11(7-13)1-4-16(14)25-21-18-6-5-17(28(18)27-22(24)26-21)15-8-12(19(29)20(15)30)9-36-38(34,35)10-37(31,32)33/h2,4,6-8,14,16-17,20-21,29-30H,3,5,9-11H2,1H3,(H,34,35)(H,25,26,27)(H2,31,32,33);2-3,5-7,12,15-16,19-20,29-30H,1,4,8-10H2,(H,34,35)(H,25,26,27)(H2,31,32,33)/t14-,16+,17-,20-,21+;12-,15+,16-,19-,20+/m11/s1. The van der Waals surface area contributed by atoms with Crippen molar-refractivity contribution in [1.82, 2.24) is 29.2 Å². The summed E-state index contributed by atoms with van der Waals surface area (Å²) < 4.78 is 59.1. The molecule has 412 valence electrons. The van der Waals surface area contributed by atoms with E-state index in [-0.39, 0.29) is 35.5 Å². The summed E-state index contributed by atoms with van der Waals surface area (Å²) in [7, 11) is -18.8. The van der Waals surface area contributed by atoms with E-state index in [2.05, 4.69) is 55.9 Å². The molecule has 4 aliphatic carbocycles. The van der Waals surface area contributed by atoms with Crippen molar-refractivity contribution in [3.05, 3.63) is 115 Å². The van der Waals surface area contributed by atoms with Crippen LogP contribution in [-0.4, -0.2) is 128 Å². The molecule has 2 aromatic carbocycles. The van der Waals surface area contributed by atoms with E-state index in [1.54, 1.807) is 33.3 Å². The van der Waals surface area contributed by atoms with Gasteiger partial charge < -0.3 is 69.5 Å². The van der Waals surface area contributed by atoms with Crippen LogP contribution in [0.5, 0.6) is 0 Å². The Kier molecular flexibility index (Phi) is 16.8. The number of aliphatic hydroxyl groups is 4. The van der Waals surface area contributed by atoms with Gasteiger partial charge >= 0.3 is 30.4 Å². The lowest BCUT2D eigenvalue weighted by Gasteiger charge is -2.19. The van der Waals surface area contributed by atoms with Crippen molar-refractivity contribution in [3.8, 4) is 0 Å². The molecule has 0 bridgehead atoms. The summed E-state index contributed by atoms with van der Waals surface area (Å²) in [5.74, 6) is -4.40. The number of halogens is 3. The molecule has 0 saturated heterocycles. The van der Waals surface area contributed by atoms with Crippen molar-refractivity contribution in [2.45, 2.75) is 93.8 Å². The molecule has 0 aliphatic heterocycles. The van der Waals surface area contributed by atoms with Crippen LogP contribution in [0.4, 0.5) is 11.6 Å². The van der Waals surface area contributed by atoms with Crippen LogP contribution >= 0.6 is 65.2 Å². The Morgan fingerprint density at radius 2 is 1.01 bits per heavy atom. The summed E-state index contributed by atoms with van der Waals surface area (Å²) in [5, 5.41) is 59.0. The summed E-state index contributed by atoms with van der Waals surface area (Å²) in [6.45, 7) is 1.13. The SMILES string of the molecule is Cc1ccc2c(c1)CC[C@H]2Nc1nc(Cl)nn2c([C@@H]3C[C@H](COP(=O)(O)CP(=O)(O)O)[C@@H](O)[C@H]3O)ccc12.O=P(O)(O)CP(=O)(O)OC[C@H]1C[C@@H](c2ccc3c(N[C@@H]4CCc5cc(Cl)ccc54)nc(Cl)nn23)[C@H](O)[C@@H]1O. The number of benzene rings is 2. The highest BCUT2D eigenvalue weighted by Crippen LogP contribution is 2.57. The minimum atomic E-state index is -4.79. The van der Waals surface area contributed by atoms with Crippen molar-refractivity contribution < 1.29 is 77.1 Å². The van der Waals surface area contributed by atoms with Gasteiger partial charge in [0.2, 0.25) is 10.6 Å². The smallest absolute Gasteiger partial charge is 0.340 e. The maximum absolute atomic E-state index is 12.0. The maximum Gasteiger partial charge on any atom is 0.340 e. The average molecular weight is 1190 g/mol. The fourth-order valence-corrected chi connectivity index (χ4v) is 16.6. The van der Waals surface area contributed by atoms with Gasteiger partial charge in [-0.3, -0.25) is 18.3 Å². The molecule has 12 N–H and O–H groups in total. The Morgan fingerprint density at radius 3 is 1.45 bits per heavy atom. The maximum atomic E-state index is 12.0. The van der Waals surface area contributed by atoms with E-state index in [1.165, 1.54) is 16.7 Å². The molecule has 2 saturated carbocycles. The van der Waals surface area contributed by atoms with Gasteiger partial charge in [-0.2, -0.15) is 9.97 Å². The molecule has 0 spiro atoms. The van der Waals surface area contributed by atoms with Crippen molar-refractivity contribution in [2.75, 3.05) is 35.7 Å². The molecule has 0 radical (unpaired) electrons. The average Bonchev–Trinajstić information content (AvgIpc) is 4.18. The monoisotopic (exact) mass is 1190 g/mol. The number of nitrogens with zero attached hydrogens (tertiary/aromatic N) is 6. The van der Waals surface area contributed by atoms with Gasteiger partial charge in [0.15, 0.2) is 23.4 Å². The first-order chi connectivity index (χ1) is 35.6. The zero-order chi connectivity index (χ0) is 54.8. The molecule has 6 aromatic rings. The number of hydrogen-bond donors (Lipinski definition) is 12. The number of aromatic nitrogens is 6. The molecule has 31 heteroatoms. The topological polar surface area (TPSA) is 373 Å². The summed E-state index contributed by atoms with van der Waals surface area (Å²) >= 11 is 18.7. The van der Waals surface area contributed by atoms with Crippen LogP contribution in [0, 0.1) is 18.8 Å². The van der Waals surface area contributed by atoms with Crippen molar-refractivity contribution >= 4 is 87.9 Å². The number of nitrogens with one attached hydrogen (secondary N) is 2. The van der Waals surface area contributed by atoms with E-state index in [4.69, 9.17) is 63.4 Å². The van der Waals surface area contributed by atoms with E-state index in [9.17, 15) is 48.5 Å². The quantitative estimate of drug-likeness (QED) is 0.0476. The second-order valence-electron chi connectivity index (χ2n) is 19.7. The van der Waals surface area contributed by atoms with Gasteiger partial charge in [0.05, 0.1) is 49.7 Å². The fraction of sp³-hybridized carbons (Fsp3) is 0.467. The van der Waals surface area contributed by atoms with E-state index in [1.807, 2.05) is 18.2 Å². The van der Waals surface area contributed by atoms with Crippen molar-refractivity contribution in [1.29, 1.82) is 0 Å². The molecule has 2 unspecified atom stereocenters. The number of rotatable bonds is 16. The van der Waals surface area contributed by atoms with Gasteiger partial charge in [0.25, 0.3) is 0 Å². The Labute approximate surface area is 448 Å². The van der Waals surface area contributed by atoms with Gasteiger partial charge in [-0.25, -0.2) is 9.03 Å². The van der Waals surface area contributed by atoms with Crippen LogP contribution in [0.2, 0.25) is 15.6 Å². The van der Waals surface area contributed by atoms with E-state index >= 15 is 0 Å². The molecular weight excluding hydrogens is 1140 g/mol. The highest BCUT2D eigenvalue weighted by Gasteiger charge is 2.46. The van der Waals surface area contributed by atoms with Gasteiger partial charge in [-0.15, -0.1) is 10.2 Å². The molecule has 24 nitrogen and oxygen atoms in total. The molecule has 2 fully saturated rings. The number of aliphatic hydroxyl groups excluding tert-OH is 4. The van der Waals surface area contributed by atoms with E-state index < -0.39 is 103 Å². The largest absolute Gasteiger partial charge is 0.390 e. The van der Waals surface area contributed by atoms with Crippen LogP contribution < -0.4 is 10.6 Å². The summed E-state index contributed by atoms with van der Waals surface area (Å²) in [6, 6.07) is 19.2. The molecule has 76 heavy (non-hydrogen) atoms. The van der Waals surface area contributed by atoms with Crippen molar-refractivity contribution in [2.24, 2.45) is 11.8 Å². The molecule has 12 atom stereocenters. The summed E-state index contributed by atoms with van der Waals surface area (Å²) in [4.78, 5) is 64.2. The minimum Gasteiger partial charge on any atom is -0.390 e. The Balaban J connectivity index is 0.000000186. The van der Waals surface area contributed by atoms with Gasteiger partial charge in [0.1, 0.15) is 11.0 Å². The normalized spacial score (nSPS) is 27.0. The van der Waals surface area contributed by atoms with Crippen LogP contribution in [0.15, 0.2) is 60.7 Å². The first-order valence-electron chi connectivity index (χ1n) is 23.9. The third-order valence-electron chi connectivity index (χ3n) is 14.3. The number of fused-ring (bicyclic) bond motifs is 4. The molecule has 0 amide bonds. The summed E-state index contributed by atoms with van der Waals surface area (Å²) in [5.41, 5.74) is 8.32. The lowest BCUT2D eigenvalue weighted by Crippen LogP contribution is -2.29. The Bertz CT molecular complexity index is 3150. The summed E-state index contributed by atoms with van der Waals surface area (Å²) in [6.07, 6.45) is -1.23. The number of aryl methyl sites for hydroxylation is 3. The van der Waals surface area contributed by atoms with Gasteiger partial charge in [0, 0.05) is 40.1 Å². The zero-order valence-electron chi connectivity index (χ0n) is 40.1. The van der Waals surface area contributed by atoms with Crippen LogP contribution in [0.25, 0.3) is 11.0 Å². The molecule has 4 aromatic heterocycles. The number of hydrogen-bond acceptors (Lipinski definition) is 16. The van der Waals surface area contributed by atoms with Crippen LogP contribution in [-0.2, 0) is 40.1 Å². The van der Waals surface area contributed by atoms with E-state index in [0.717, 1.165) is 36.8 Å². The Morgan fingerprint density at radius 1 is 0.592 bits per heavy atom. The lowest BCUT2D eigenvalue weighted by molar-refractivity contribution is 0.00361. The van der Waals surface area contributed by atoms with Gasteiger partial charge in [-0.05, 0) is 127 Å². The third-order valence-corrected chi connectivity index (χ3v) is 21.7. The first-order valence-corrected chi connectivity index (χ1v) is 32.1. The molecular formula is C45H55Cl3N8O16P4. The Hall–Kier alpha value is -3.41. The molecule has 10 rings (SSSR count). The van der Waals surface area contributed by atoms with Crippen LogP contribution in [0.3, 0.4) is 0 Å². The third kappa shape index (κ3) is 12.9. The van der Waals surface area contributed by atoms with Gasteiger partial charge in [-0.1, -0.05) is 41.4 Å². The lowest BCUT2D eigenvalue weighted by atomic mass is 10.0. The predicted molar refractivity (Wildman–Crippen MR) is 279 cm³/mol. The predicted octanol–water partition coefficient (Wildman–Crippen LogP) is 6.25. The molecule has 4 aliphatic rings. The van der Waals surface area contributed by atoms with Crippen molar-refractivity contribution in [3.63, 3.8) is 0 Å². The molecule has 4 heterocycles. The second-order valence-corrected chi connectivity index (χ2v) is 28.8. The minimum absolute atomic E-state index is 0.00819. The van der Waals surface area contributed by atoms with E-state index in [0.29, 0.717) is 39.1 Å². The zero-order valence-corrected chi connectivity index (χ0v) is 46.0. The highest BCUT2D eigenvalue weighted by molar-refractivity contribution is 7.70. The van der Waals surface area contributed by atoms with Crippen LogP contribution in [0.1, 0.15) is 88.8 Å². The second kappa shape index (κ2) is 22.3. The fourth-order valence-electron chi connectivity index (χ4n) is 10.9. The first kappa shape index (κ1) is 57.3.